The first-order valence-electron chi connectivity index (χ1n) is 5.60. The van der Waals surface area contributed by atoms with Crippen molar-refractivity contribution in [1.29, 1.82) is 0 Å². The zero-order valence-corrected chi connectivity index (χ0v) is 9.41. The second kappa shape index (κ2) is 5.47. The zero-order valence-electron chi connectivity index (χ0n) is 9.41. The summed E-state index contributed by atoms with van der Waals surface area (Å²) in [7, 11) is 0. The lowest BCUT2D eigenvalue weighted by atomic mass is 10.0. The number of benzene rings is 2. The fourth-order valence-corrected chi connectivity index (χ4v) is 1.70. The van der Waals surface area contributed by atoms with Crippen LogP contribution in [0.25, 0.3) is 10.8 Å². The molecule has 2 aromatic rings. The second-order valence-corrected chi connectivity index (χ2v) is 3.77. The number of hydrogen-bond donors (Lipinski definition) is 1. The van der Waals surface area contributed by atoms with E-state index in [1.807, 2.05) is 18.2 Å². The fourth-order valence-electron chi connectivity index (χ4n) is 1.70. The SMILES string of the molecule is OCCCC#Cc1ccc(F)c2ccccc12. The first-order chi connectivity index (χ1) is 8.33. The van der Waals surface area contributed by atoms with Gasteiger partial charge in [-0.05, 0) is 18.6 Å². The van der Waals surface area contributed by atoms with Gasteiger partial charge in [-0.25, -0.2) is 4.39 Å². The summed E-state index contributed by atoms with van der Waals surface area (Å²) >= 11 is 0. The minimum absolute atomic E-state index is 0.152. The molecule has 1 nitrogen and oxygen atoms in total. The van der Waals surface area contributed by atoms with Crippen LogP contribution < -0.4 is 0 Å². The van der Waals surface area contributed by atoms with Gasteiger partial charge in [0.05, 0.1) is 0 Å². The van der Waals surface area contributed by atoms with Crippen LogP contribution in [0.2, 0.25) is 0 Å². The molecule has 0 aliphatic carbocycles. The number of hydrogen-bond acceptors (Lipinski definition) is 1. The maximum absolute atomic E-state index is 13.5. The molecule has 86 valence electrons. The van der Waals surface area contributed by atoms with Gasteiger partial charge in [0, 0.05) is 29.4 Å². The summed E-state index contributed by atoms with van der Waals surface area (Å²) in [5, 5.41) is 10.1. The Morgan fingerprint density at radius 2 is 1.82 bits per heavy atom. The molecule has 17 heavy (non-hydrogen) atoms. The predicted molar refractivity (Wildman–Crippen MR) is 67.1 cm³/mol. The van der Waals surface area contributed by atoms with E-state index in [9.17, 15) is 4.39 Å². The van der Waals surface area contributed by atoms with Crippen molar-refractivity contribution in [1.82, 2.24) is 0 Å². The minimum atomic E-state index is -0.221. The average Bonchev–Trinajstić information content (AvgIpc) is 2.37. The van der Waals surface area contributed by atoms with Crippen LogP contribution in [0.3, 0.4) is 0 Å². The lowest BCUT2D eigenvalue weighted by Gasteiger charge is -2.01. The molecule has 0 aromatic heterocycles. The van der Waals surface area contributed by atoms with Gasteiger partial charge >= 0.3 is 0 Å². The third kappa shape index (κ3) is 2.64. The van der Waals surface area contributed by atoms with Crippen molar-refractivity contribution < 1.29 is 9.50 Å². The molecule has 0 heterocycles. The van der Waals surface area contributed by atoms with Crippen LogP contribution in [0.15, 0.2) is 36.4 Å². The molecule has 0 unspecified atom stereocenters. The zero-order chi connectivity index (χ0) is 12.1. The van der Waals surface area contributed by atoms with Crippen molar-refractivity contribution in [2.45, 2.75) is 12.8 Å². The number of rotatable bonds is 2. The first-order valence-corrected chi connectivity index (χ1v) is 5.60. The van der Waals surface area contributed by atoms with Crippen molar-refractivity contribution in [2.75, 3.05) is 6.61 Å². The molecule has 0 atom stereocenters. The van der Waals surface area contributed by atoms with Gasteiger partial charge in [0.25, 0.3) is 0 Å². The Hall–Kier alpha value is -1.85. The maximum Gasteiger partial charge on any atom is 0.131 e. The Morgan fingerprint density at radius 3 is 2.59 bits per heavy atom. The minimum Gasteiger partial charge on any atom is -0.396 e. The number of fused-ring (bicyclic) bond motifs is 1. The molecular weight excluding hydrogens is 215 g/mol. The lowest BCUT2D eigenvalue weighted by Crippen LogP contribution is -1.84. The Bertz CT molecular complexity index is 578. The summed E-state index contributed by atoms with van der Waals surface area (Å²) in [6, 6.07) is 10.5. The van der Waals surface area contributed by atoms with Crippen LogP contribution in [0.1, 0.15) is 18.4 Å². The van der Waals surface area contributed by atoms with Crippen LogP contribution in [0.5, 0.6) is 0 Å². The van der Waals surface area contributed by atoms with Gasteiger partial charge in [0.1, 0.15) is 5.82 Å². The lowest BCUT2D eigenvalue weighted by molar-refractivity contribution is 0.290. The third-order valence-electron chi connectivity index (χ3n) is 2.55. The molecule has 1 N–H and O–H groups in total. The number of aliphatic hydroxyl groups excluding tert-OH is 1. The monoisotopic (exact) mass is 228 g/mol. The summed E-state index contributed by atoms with van der Waals surface area (Å²) in [6.07, 6.45) is 1.33. The first kappa shape index (κ1) is 11.6. The number of unbranched alkanes of at least 4 members (excludes halogenated alkanes) is 1. The highest BCUT2D eigenvalue weighted by molar-refractivity contribution is 5.88. The summed E-state index contributed by atoms with van der Waals surface area (Å²) in [4.78, 5) is 0. The number of halogens is 1. The van der Waals surface area contributed by atoms with E-state index >= 15 is 0 Å². The molecule has 0 amide bonds. The van der Waals surface area contributed by atoms with Crippen molar-refractivity contribution in [3.8, 4) is 11.8 Å². The predicted octanol–water partition coefficient (Wildman–Crippen LogP) is 3.10. The average molecular weight is 228 g/mol. The van der Waals surface area contributed by atoms with Gasteiger partial charge in [-0.2, -0.15) is 0 Å². The van der Waals surface area contributed by atoms with Crippen LogP contribution in [-0.2, 0) is 0 Å². The maximum atomic E-state index is 13.5. The Labute approximate surface area is 99.9 Å². The van der Waals surface area contributed by atoms with Gasteiger partial charge in [0.15, 0.2) is 0 Å². The van der Waals surface area contributed by atoms with E-state index in [4.69, 9.17) is 5.11 Å². The molecule has 2 heteroatoms. The van der Waals surface area contributed by atoms with Gasteiger partial charge < -0.3 is 5.11 Å². The fraction of sp³-hybridized carbons (Fsp3) is 0.200. The van der Waals surface area contributed by atoms with Crippen LogP contribution >= 0.6 is 0 Å². The molecule has 0 fully saturated rings. The van der Waals surface area contributed by atoms with Crippen molar-refractivity contribution in [3.05, 3.63) is 47.8 Å². The van der Waals surface area contributed by atoms with Crippen LogP contribution in [-0.4, -0.2) is 11.7 Å². The van der Waals surface area contributed by atoms with Crippen LogP contribution in [0.4, 0.5) is 4.39 Å². The highest BCUT2D eigenvalue weighted by Gasteiger charge is 2.02. The summed E-state index contributed by atoms with van der Waals surface area (Å²) in [5.41, 5.74) is 0.833. The van der Waals surface area contributed by atoms with Gasteiger partial charge in [-0.15, -0.1) is 0 Å². The molecular formula is C15H13FO. The summed E-state index contributed by atoms with van der Waals surface area (Å²) in [6.45, 7) is 0.152. The van der Waals surface area contributed by atoms with Gasteiger partial charge in [-0.3, -0.25) is 0 Å². The van der Waals surface area contributed by atoms with Gasteiger partial charge in [-0.1, -0.05) is 36.1 Å². The van der Waals surface area contributed by atoms with E-state index < -0.39 is 0 Å². The largest absolute Gasteiger partial charge is 0.396 e. The van der Waals surface area contributed by atoms with E-state index in [1.165, 1.54) is 6.07 Å². The molecule has 0 aliphatic rings. The molecule has 0 aliphatic heterocycles. The van der Waals surface area contributed by atoms with Crippen molar-refractivity contribution in [3.63, 3.8) is 0 Å². The van der Waals surface area contributed by atoms with E-state index in [0.29, 0.717) is 18.2 Å². The molecule has 0 radical (unpaired) electrons. The quantitative estimate of drug-likeness (QED) is 0.618. The van der Waals surface area contributed by atoms with Crippen molar-refractivity contribution >= 4 is 10.8 Å². The molecule has 0 saturated carbocycles. The highest BCUT2D eigenvalue weighted by atomic mass is 19.1. The molecule has 2 rings (SSSR count). The van der Waals surface area contributed by atoms with Crippen LogP contribution in [0, 0.1) is 17.7 Å². The highest BCUT2D eigenvalue weighted by Crippen LogP contribution is 2.20. The normalized spacial score (nSPS) is 10.0. The smallest absolute Gasteiger partial charge is 0.131 e. The van der Waals surface area contributed by atoms with E-state index in [2.05, 4.69) is 11.8 Å². The van der Waals surface area contributed by atoms with Crippen molar-refractivity contribution in [2.24, 2.45) is 0 Å². The topological polar surface area (TPSA) is 20.2 Å². The Morgan fingerprint density at radius 1 is 1.06 bits per heavy atom. The molecule has 2 aromatic carbocycles. The number of aliphatic hydroxyl groups is 1. The van der Waals surface area contributed by atoms with E-state index in [1.54, 1.807) is 12.1 Å². The van der Waals surface area contributed by atoms with E-state index in [-0.39, 0.29) is 12.4 Å². The molecule has 0 saturated heterocycles. The standard InChI is InChI=1S/C15H13FO/c16-15-10-9-12(6-2-1-5-11-17)13-7-3-4-8-14(13)15/h3-4,7-10,17H,1,5,11H2. The Balaban J connectivity index is 2.40. The molecule has 0 bridgehead atoms. The third-order valence-corrected chi connectivity index (χ3v) is 2.55. The molecule has 0 spiro atoms. The van der Waals surface area contributed by atoms with Gasteiger partial charge in [0.2, 0.25) is 0 Å². The summed E-state index contributed by atoms with van der Waals surface area (Å²) < 4.78 is 13.5. The van der Waals surface area contributed by atoms with E-state index in [0.717, 1.165) is 10.9 Å². The Kier molecular flexibility index (Phi) is 3.74. The summed E-state index contributed by atoms with van der Waals surface area (Å²) in [5.74, 6) is 5.78. The second-order valence-electron chi connectivity index (χ2n) is 3.77.